The van der Waals surface area contributed by atoms with Gasteiger partial charge in [0.2, 0.25) is 0 Å². The summed E-state index contributed by atoms with van der Waals surface area (Å²) in [4.78, 5) is 0. The van der Waals surface area contributed by atoms with Crippen LogP contribution in [0.15, 0.2) is 0 Å². The van der Waals surface area contributed by atoms with Crippen LogP contribution in [0.2, 0.25) is 0 Å². The first-order chi connectivity index (χ1) is 5.75. The predicted molar refractivity (Wildman–Crippen MR) is 61.9 cm³/mol. The van der Waals surface area contributed by atoms with Crippen molar-refractivity contribution < 1.29 is 0 Å². The lowest BCUT2D eigenvalue weighted by molar-refractivity contribution is 0.0736. The largest absolute Gasteiger partial charge is 0.0654 e. The lowest BCUT2D eigenvalue weighted by Gasteiger charge is -2.42. The van der Waals surface area contributed by atoms with Crippen molar-refractivity contribution in [3.63, 3.8) is 0 Å². The average Bonchev–Trinajstić information content (AvgIpc) is 1.83. The summed E-state index contributed by atoms with van der Waals surface area (Å²) in [6.07, 6.45) is 3.96. The minimum Gasteiger partial charge on any atom is -0.0654 e. The first-order valence-electron chi connectivity index (χ1n) is 5.75. The minimum atomic E-state index is 0.452. The Kier molecular flexibility index (Phi) is 4.48. The second kappa shape index (κ2) is 4.48. The zero-order valence-corrected chi connectivity index (χ0v) is 10.7. The quantitative estimate of drug-likeness (QED) is 0.584. The van der Waals surface area contributed by atoms with Crippen LogP contribution < -0.4 is 0 Å². The summed E-state index contributed by atoms with van der Waals surface area (Å²) in [5, 5.41) is 0. The molecule has 13 heavy (non-hydrogen) atoms. The number of rotatable bonds is 4. The normalized spacial score (nSPS) is 15.9. The summed E-state index contributed by atoms with van der Waals surface area (Å²) in [5.41, 5.74) is 0.954. The Hall–Kier alpha value is 0. The fourth-order valence-electron chi connectivity index (χ4n) is 3.16. The molecule has 0 fully saturated rings. The van der Waals surface area contributed by atoms with Gasteiger partial charge in [0.25, 0.3) is 0 Å². The molecule has 0 aliphatic rings. The summed E-state index contributed by atoms with van der Waals surface area (Å²) in [6.45, 7) is 16.6. The Labute approximate surface area is 85.1 Å². The van der Waals surface area contributed by atoms with Crippen LogP contribution in [0.4, 0.5) is 0 Å². The average molecular weight is 184 g/mol. The molecule has 0 N–H and O–H groups in total. The van der Waals surface area contributed by atoms with Crippen LogP contribution in [0.25, 0.3) is 0 Å². The summed E-state index contributed by atoms with van der Waals surface area (Å²) in [7, 11) is 0. The summed E-state index contributed by atoms with van der Waals surface area (Å²) < 4.78 is 0. The zero-order valence-electron chi connectivity index (χ0n) is 10.7. The molecule has 1 unspecified atom stereocenters. The van der Waals surface area contributed by atoms with E-state index in [4.69, 9.17) is 0 Å². The van der Waals surface area contributed by atoms with Gasteiger partial charge < -0.3 is 0 Å². The smallest absolute Gasteiger partial charge is 0.0317 e. The van der Waals surface area contributed by atoms with Crippen molar-refractivity contribution >= 4 is 0 Å². The molecule has 0 aliphatic carbocycles. The van der Waals surface area contributed by atoms with Gasteiger partial charge in [-0.3, -0.25) is 0 Å². The second-order valence-corrected chi connectivity index (χ2v) is 6.07. The molecule has 1 atom stereocenters. The van der Waals surface area contributed by atoms with Crippen LogP contribution in [0, 0.1) is 16.7 Å². The van der Waals surface area contributed by atoms with E-state index in [-0.39, 0.29) is 0 Å². The van der Waals surface area contributed by atoms with Crippen molar-refractivity contribution in [1.29, 1.82) is 0 Å². The van der Waals surface area contributed by atoms with Crippen molar-refractivity contribution in [2.75, 3.05) is 0 Å². The third-order valence-corrected chi connectivity index (χ3v) is 3.29. The maximum atomic E-state index is 2.43. The van der Waals surface area contributed by atoms with Gasteiger partial charge >= 0.3 is 0 Å². The summed E-state index contributed by atoms with van der Waals surface area (Å²) in [5.74, 6) is 0.833. The Morgan fingerprint density at radius 2 is 1.38 bits per heavy atom. The molecule has 0 aromatic heterocycles. The molecule has 0 saturated carbocycles. The van der Waals surface area contributed by atoms with Gasteiger partial charge in [-0.05, 0) is 23.2 Å². The van der Waals surface area contributed by atoms with Crippen molar-refractivity contribution in [1.82, 2.24) is 0 Å². The molecule has 0 saturated heterocycles. The molecule has 0 nitrogen and oxygen atoms in total. The van der Waals surface area contributed by atoms with E-state index in [1.807, 2.05) is 0 Å². The predicted octanol–water partition coefficient (Wildman–Crippen LogP) is 4.89. The van der Waals surface area contributed by atoms with E-state index in [0.29, 0.717) is 10.8 Å². The maximum absolute atomic E-state index is 2.43. The van der Waals surface area contributed by atoms with Crippen LogP contribution in [0.1, 0.15) is 67.7 Å². The lowest BCUT2D eigenvalue weighted by Crippen LogP contribution is -2.34. The molecule has 0 amide bonds. The number of hydrogen-bond donors (Lipinski definition) is 0. The highest BCUT2D eigenvalue weighted by molar-refractivity contribution is 4.85. The summed E-state index contributed by atoms with van der Waals surface area (Å²) >= 11 is 0. The highest BCUT2D eigenvalue weighted by Gasteiger charge is 2.35. The highest BCUT2D eigenvalue weighted by atomic mass is 14.4. The van der Waals surface area contributed by atoms with E-state index in [2.05, 4.69) is 48.5 Å². The third kappa shape index (κ3) is 3.70. The SMILES string of the molecule is CCCC(C)(C)C(CC)C(C)(C)C. The maximum Gasteiger partial charge on any atom is -0.0317 e. The van der Waals surface area contributed by atoms with E-state index >= 15 is 0 Å². The molecular formula is C13H28. The first kappa shape index (κ1) is 13.0. The van der Waals surface area contributed by atoms with Gasteiger partial charge in [0.15, 0.2) is 0 Å². The monoisotopic (exact) mass is 184 g/mol. The zero-order chi connectivity index (χ0) is 10.7. The molecule has 0 heterocycles. The van der Waals surface area contributed by atoms with Crippen LogP contribution in [0.5, 0.6) is 0 Å². The van der Waals surface area contributed by atoms with Gasteiger partial charge in [-0.15, -0.1) is 0 Å². The molecule has 0 radical (unpaired) electrons. The van der Waals surface area contributed by atoms with Crippen LogP contribution >= 0.6 is 0 Å². The second-order valence-electron chi connectivity index (χ2n) is 6.07. The Morgan fingerprint density at radius 1 is 0.923 bits per heavy atom. The van der Waals surface area contributed by atoms with E-state index in [1.54, 1.807) is 0 Å². The molecular weight excluding hydrogens is 156 g/mol. The van der Waals surface area contributed by atoms with E-state index < -0.39 is 0 Å². The van der Waals surface area contributed by atoms with Crippen molar-refractivity contribution in [2.24, 2.45) is 16.7 Å². The van der Waals surface area contributed by atoms with Gasteiger partial charge in [0.1, 0.15) is 0 Å². The fourth-order valence-corrected chi connectivity index (χ4v) is 3.16. The van der Waals surface area contributed by atoms with Gasteiger partial charge in [-0.2, -0.15) is 0 Å². The Bertz CT molecular complexity index is 137. The molecule has 80 valence electrons. The first-order valence-corrected chi connectivity index (χ1v) is 5.75. The van der Waals surface area contributed by atoms with Gasteiger partial charge in [-0.1, -0.05) is 61.3 Å². The minimum absolute atomic E-state index is 0.452. The summed E-state index contributed by atoms with van der Waals surface area (Å²) in [6, 6.07) is 0. The van der Waals surface area contributed by atoms with Crippen molar-refractivity contribution in [2.45, 2.75) is 67.7 Å². The van der Waals surface area contributed by atoms with E-state index in [9.17, 15) is 0 Å². The van der Waals surface area contributed by atoms with E-state index in [1.165, 1.54) is 19.3 Å². The van der Waals surface area contributed by atoms with Crippen molar-refractivity contribution in [3.05, 3.63) is 0 Å². The topological polar surface area (TPSA) is 0 Å². The molecule has 0 aromatic rings. The van der Waals surface area contributed by atoms with Crippen LogP contribution in [-0.2, 0) is 0 Å². The molecule has 0 aromatic carbocycles. The van der Waals surface area contributed by atoms with Crippen LogP contribution in [0.3, 0.4) is 0 Å². The molecule has 0 rings (SSSR count). The molecule has 0 heteroatoms. The Morgan fingerprint density at radius 3 is 1.62 bits per heavy atom. The molecule has 0 spiro atoms. The third-order valence-electron chi connectivity index (χ3n) is 3.29. The van der Waals surface area contributed by atoms with Gasteiger partial charge in [0, 0.05) is 0 Å². The van der Waals surface area contributed by atoms with Gasteiger partial charge in [-0.25, -0.2) is 0 Å². The molecule has 0 bridgehead atoms. The van der Waals surface area contributed by atoms with E-state index in [0.717, 1.165) is 5.92 Å². The fraction of sp³-hybridized carbons (Fsp3) is 1.00. The Balaban J connectivity index is 4.56. The number of hydrogen-bond acceptors (Lipinski definition) is 0. The highest BCUT2D eigenvalue weighted by Crippen LogP contribution is 2.44. The van der Waals surface area contributed by atoms with Crippen LogP contribution in [-0.4, -0.2) is 0 Å². The van der Waals surface area contributed by atoms with Crippen molar-refractivity contribution in [3.8, 4) is 0 Å². The lowest BCUT2D eigenvalue weighted by atomic mass is 9.63. The standard InChI is InChI=1S/C13H28/c1-8-10-13(6,7)11(9-2)12(3,4)5/h11H,8-10H2,1-7H3. The molecule has 0 aliphatic heterocycles. The van der Waals surface area contributed by atoms with Gasteiger partial charge in [0.05, 0.1) is 0 Å².